The third-order valence-electron chi connectivity index (χ3n) is 1.53. The van der Waals surface area contributed by atoms with Gasteiger partial charge < -0.3 is 5.11 Å². The summed E-state index contributed by atoms with van der Waals surface area (Å²) >= 11 is 0. The highest BCUT2D eigenvalue weighted by Crippen LogP contribution is 2.34. The van der Waals surface area contributed by atoms with Crippen molar-refractivity contribution in [2.24, 2.45) is 5.92 Å². The minimum Gasteiger partial charge on any atom is -0.396 e. The average Bonchev–Trinajstić information content (AvgIpc) is 1.95. The van der Waals surface area contributed by atoms with Gasteiger partial charge in [0.05, 0.1) is 12.5 Å². The van der Waals surface area contributed by atoms with Crippen molar-refractivity contribution in [3.05, 3.63) is 0 Å². The summed E-state index contributed by atoms with van der Waals surface area (Å²) in [6.45, 7) is -1.56. The fraction of sp³-hybridized carbons (Fsp3) is 1.00. The maximum Gasteiger partial charge on any atom is 0.419 e. The van der Waals surface area contributed by atoms with E-state index in [1.165, 1.54) is 0 Å². The molecule has 0 aromatic rings. The Labute approximate surface area is 74.5 Å². The summed E-state index contributed by atoms with van der Waals surface area (Å²) in [5.74, 6) is -2.68. The van der Waals surface area contributed by atoms with Crippen molar-refractivity contribution in [1.29, 1.82) is 0 Å². The molecule has 0 spiro atoms. The predicted octanol–water partition coefficient (Wildman–Crippen LogP) is 2.45. The molecular weight excluding hydrogens is 221 g/mol. The van der Waals surface area contributed by atoms with Crippen molar-refractivity contribution < 1.29 is 35.8 Å². The second-order valence-electron chi connectivity index (χ2n) is 2.67. The molecule has 2 unspecified atom stereocenters. The zero-order valence-corrected chi connectivity index (χ0v) is 6.66. The van der Waals surface area contributed by atoms with Gasteiger partial charge in [0.15, 0.2) is 6.17 Å². The van der Waals surface area contributed by atoms with Gasteiger partial charge in [-0.2, -0.15) is 26.3 Å². The summed E-state index contributed by atoms with van der Waals surface area (Å²) in [7, 11) is 0. The van der Waals surface area contributed by atoms with E-state index in [1.807, 2.05) is 0 Å². The summed E-state index contributed by atoms with van der Waals surface area (Å²) in [6.07, 6.45) is -15.7. The smallest absolute Gasteiger partial charge is 0.396 e. The summed E-state index contributed by atoms with van der Waals surface area (Å²) in [5, 5.41) is 8.12. The van der Waals surface area contributed by atoms with Gasteiger partial charge in [-0.3, -0.25) is 0 Å². The quantitative estimate of drug-likeness (QED) is 0.735. The van der Waals surface area contributed by atoms with Gasteiger partial charge >= 0.3 is 12.4 Å². The van der Waals surface area contributed by atoms with Gasteiger partial charge in [0.2, 0.25) is 0 Å². The van der Waals surface area contributed by atoms with Crippen LogP contribution in [0.5, 0.6) is 0 Å². The van der Waals surface area contributed by atoms with E-state index < -0.39 is 37.5 Å². The Bertz CT molecular complexity index is 172. The van der Waals surface area contributed by atoms with Gasteiger partial charge in [0, 0.05) is 6.42 Å². The highest BCUT2D eigenvalue weighted by atomic mass is 19.4. The van der Waals surface area contributed by atoms with E-state index in [9.17, 15) is 30.7 Å². The van der Waals surface area contributed by atoms with Crippen molar-refractivity contribution in [3.8, 4) is 0 Å². The number of aliphatic hydroxyl groups excluding tert-OH is 1. The number of alkyl halides is 7. The minimum atomic E-state index is -5.32. The molecule has 86 valence electrons. The highest BCUT2D eigenvalue weighted by molar-refractivity contribution is 4.75. The maximum absolute atomic E-state index is 12.1. The van der Waals surface area contributed by atoms with Crippen LogP contribution in [0.25, 0.3) is 0 Å². The normalized spacial score (nSPS) is 18.0. The summed E-state index contributed by atoms with van der Waals surface area (Å²) in [4.78, 5) is 0. The molecule has 0 aliphatic carbocycles. The Morgan fingerprint density at radius 2 is 1.36 bits per heavy atom. The molecule has 0 heterocycles. The van der Waals surface area contributed by atoms with Gasteiger partial charge in [-0.15, -0.1) is 0 Å². The molecule has 0 bridgehead atoms. The molecule has 0 aliphatic heterocycles. The lowest BCUT2D eigenvalue weighted by atomic mass is 10.0. The van der Waals surface area contributed by atoms with Crippen LogP contribution in [0.1, 0.15) is 6.42 Å². The Kier molecular flexibility index (Phi) is 4.16. The van der Waals surface area contributed by atoms with E-state index in [1.54, 1.807) is 0 Å². The fourth-order valence-electron chi connectivity index (χ4n) is 0.695. The zero-order valence-electron chi connectivity index (χ0n) is 6.66. The van der Waals surface area contributed by atoms with Gasteiger partial charge in [0.1, 0.15) is 0 Å². The number of rotatable bonds is 3. The summed E-state index contributed by atoms with van der Waals surface area (Å²) in [5.41, 5.74) is 0. The third kappa shape index (κ3) is 4.12. The molecule has 14 heavy (non-hydrogen) atoms. The zero-order chi connectivity index (χ0) is 11.6. The largest absolute Gasteiger partial charge is 0.419 e. The van der Waals surface area contributed by atoms with Crippen LogP contribution in [0, 0.1) is 5.92 Å². The predicted molar refractivity (Wildman–Crippen MR) is 32.2 cm³/mol. The number of halogens is 7. The number of aliphatic hydroxyl groups is 1. The van der Waals surface area contributed by atoms with Crippen molar-refractivity contribution >= 4 is 0 Å². The van der Waals surface area contributed by atoms with Crippen LogP contribution in [0.3, 0.4) is 0 Å². The van der Waals surface area contributed by atoms with E-state index in [0.29, 0.717) is 0 Å². The topological polar surface area (TPSA) is 20.2 Å². The first-order valence-electron chi connectivity index (χ1n) is 3.47. The second-order valence-corrected chi connectivity index (χ2v) is 2.67. The lowest BCUT2D eigenvalue weighted by Gasteiger charge is -2.20. The first kappa shape index (κ1) is 13.5. The number of hydrogen-bond donors (Lipinski definition) is 1. The summed E-state index contributed by atoms with van der Waals surface area (Å²) < 4.78 is 82.0. The molecule has 0 fully saturated rings. The second kappa shape index (κ2) is 4.33. The standard InChI is InChI=1S/C6H7F7O/c7-4(6(11,12)13)1-3(2-14)5(8,9)10/h3-4,14H,1-2H2. The molecular formula is C6H7F7O. The van der Waals surface area contributed by atoms with Gasteiger partial charge in [-0.05, 0) is 0 Å². The molecule has 0 saturated carbocycles. The van der Waals surface area contributed by atoms with Crippen LogP contribution in [0.2, 0.25) is 0 Å². The van der Waals surface area contributed by atoms with E-state index in [4.69, 9.17) is 5.11 Å². The van der Waals surface area contributed by atoms with Crippen LogP contribution >= 0.6 is 0 Å². The van der Waals surface area contributed by atoms with E-state index in [2.05, 4.69) is 0 Å². The molecule has 0 aromatic heterocycles. The molecule has 0 saturated heterocycles. The van der Waals surface area contributed by atoms with Crippen LogP contribution in [0.15, 0.2) is 0 Å². The molecule has 1 N–H and O–H groups in total. The maximum atomic E-state index is 12.1. The molecule has 0 aliphatic rings. The third-order valence-corrected chi connectivity index (χ3v) is 1.53. The lowest BCUT2D eigenvalue weighted by Crippen LogP contribution is -2.34. The number of hydrogen-bond acceptors (Lipinski definition) is 1. The van der Waals surface area contributed by atoms with Crippen molar-refractivity contribution in [2.45, 2.75) is 24.9 Å². The highest BCUT2D eigenvalue weighted by Gasteiger charge is 2.47. The minimum absolute atomic E-state index is 1.56. The van der Waals surface area contributed by atoms with E-state index in [-0.39, 0.29) is 0 Å². The van der Waals surface area contributed by atoms with Crippen LogP contribution in [-0.4, -0.2) is 30.2 Å². The molecule has 0 amide bonds. The monoisotopic (exact) mass is 228 g/mol. The van der Waals surface area contributed by atoms with E-state index in [0.717, 1.165) is 0 Å². The SMILES string of the molecule is OCC(CC(F)C(F)(F)F)C(F)(F)F. The average molecular weight is 228 g/mol. The first-order chi connectivity index (χ1) is 6.09. The fourth-order valence-corrected chi connectivity index (χ4v) is 0.695. The Balaban J connectivity index is 4.34. The van der Waals surface area contributed by atoms with Crippen molar-refractivity contribution in [3.63, 3.8) is 0 Å². The van der Waals surface area contributed by atoms with Crippen LogP contribution in [-0.2, 0) is 0 Å². The Morgan fingerprint density at radius 1 is 0.929 bits per heavy atom. The Hall–Kier alpha value is -0.530. The van der Waals surface area contributed by atoms with Gasteiger partial charge in [-0.25, -0.2) is 4.39 Å². The Morgan fingerprint density at radius 3 is 1.57 bits per heavy atom. The lowest BCUT2D eigenvalue weighted by molar-refractivity contribution is -0.218. The van der Waals surface area contributed by atoms with Crippen LogP contribution < -0.4 is 0 Å². The van der Waals surface area contributed by atoms with Gasteiger partial charge in [0.25, 0.3) is 0 Å². The molecule has 0 aromatic carbocycles. The molecule has 2 atom stereocenters. The molecule has 0 radical (unpaired) electrons. The molecule has 8 heteroatoms. The van der Waals surface area contributed by atoms with E-state index >= 15 is 0 Å². The van der Waals surface area contributed by atoms with Gasteiger partial charge in [-0.1, -0.05) is 0 Å². The summed E-state index contributed by atoms with van der Waals surface area (Å²) in [6, 6.07) is 0. The molecule has 0 rings (SSSR count). The van der Waals surface area contributed by atoms with Crippen molar-refractivity contribution in [1.82, 2.24) is 0 Å². The molecule has 1 nitrogen and oxygen atoms in total. The van der Waals surface area contributed by atoms with Crippen molar-refractivity contribution in [2.75, 3.05) is 6.61 Å². The van der Waals surface area contributed by atoms with Crippen LogP contribution in [0.4, 0.5) is 30.7 Å². The first-order valence-corrected chi connectivity index (χ1v) is 3.47.